The molecule has 60 valence electrons. The van der Waals surface area contributed by atoms with Gasteiger partial charge in [-0.05, 0) is 12.8 Å². The van der Waals surface area contributed by atoms with Crippen LogP contribution in [0.4, 0.5) is 8.78 Å². The van der Waals surface area contributed by atoms with E-state index >= 15 is 0 Å². The van der Waals surface area contributed by atoms with Gasteiger partial charge in [0, 0.05) is 5.92 Å². The first-order chi connectivity index (χ1) is 4.40. The summed E-state index contributed by atoms with van der Waals surface area (Å²) < 4.78 is 26.0. The van der Waals surface area contributed by atoms with Gasteiger partial charge in [0.05, 0.1) is 5.54 Å². The Kier molecular flexibility index (Phi) is 1.51. The summed E-state index contributed by atoms with van der Waals surface area (Å²) in [6.07, 6.45) is 0.941. The minimum atomic E-state index is -2.67. The van der Waals surface area contributed by atoms with E-state index in [1.165, 1.54) is 13.8 Å². The van der Waals surface area contributed by atoms with Crippen molar-refractivity contribution in [2.45, 2.75) is 38.2 Å². The van der Waals surface area contributed by atoms with Crippen molar-refractivity contribution in [1.29, 1.82) is 0 Å². The van der Waals surface area contributed by atoms with E-state index in [-0.39, 0.29) is 0 Å². The Balaban J connectivity index is 2.67. The third-order valence-corrected chi connectivity index (χ3v) is 2.18. The standard InChI is InChI=1S/C7H13F2N/c1-5(2)7(8,9)6(10)3-4-6/h5H,3-4,10H2,1-2H3. The third kappa shape index (κ3) is 0.926. The van der Waals surface area contributed by atoms with E-state index < -0.39 is 17.4 Å². The zero-order valence-corrected chi connectivity index (χ0v) is 6.32. The molecule has 1 saturated carbocycles. The third-order valence-electron chi connectivity index (χ3n) is 2.18. The minimum Gasteiger partial charge on any atom is -0.320 e. The first-order valence-electron chi connectivity index (χ1n) is 3.57. The predicted octanol–water partition coefficient (Wildman–Crippen LogP) is 1.77. The normalized spacial score (nSPS) is 23.4. The molecule has 10 heavy (non-hydrogen) atoms. The van der Waals surface area contributed by atoms with E-state index in [0.29, 0.717) is 12.8 Å². The van der Waals surface area contributed by atoms with Crippen LogP contribution in [0, 0.1) is 5.92 Å². The summed E-state index contributed by atoms with van der Waals surface area (Å²) in [5.41, 5.74) is 4.21. The Labute approximate surface area is 59.6 Å². The topological polar surface area (TPSA) is 26.0 Å². The summed E-state index contributed by atoms with van der Waals surface area (Å²) in [6.45, 7) is 3.01. The van der Waals surface area contributed by atoms with Crippen molar-refractivity contribution in [3.63, 3.8) is 0 Å². The van der Waals surface area contributed by atoms with Gasteiger partial charge in [0.2, 0.25) is 0 Å². The van der Waals surface area contributed by atoms with Gasteiger partial charge >= 0.3 is 0 Å². The lowest BCUT2D eigenvalue weighted by molar-refractivity contribution is -0.0773. The highest BCUT2D eigenvalue weighted by atomic mass is 19.3. The zero-order chi connectivity index (χ0) is 7.99. The molecule has 0 atom stereocenters. The summed E-state index contributed by atoms with van der Waals surface area (Å²) in [5, 5.41) is 0. The fourth-order valence-electron chi connectivity index (χ4n) is 1.04. The van der Waals surface area contributed by atoms with Crippen LogP contribution in [0.15, 0.2) is 0 Å². The largest absolute Gasteiger partial charge is 0.320 e. The van der Waals surface area contributed by atoms with Crippen molar-refractivity contribution < 1.29 is 8.78 Å². The minimum absolute atomic E-state index is 0.470. The van der Waals surface area contributed by atoms with Gasteiger partial charge in [-0.3, -0.25) is 0 Å². The fraction of sp³-hybridized carbons (Fsp3) is 1.00. The number of rotatable bonds is 2. The number of hydrogen-bond donors (Lipinski definition) is 1. The van der Waals surface area contributed by atoms with Gasteiger partial charge in [-0.15, -0.1) is 0 Å². The van der Waals surface area contributed by atoms with Gasteiger partial charge in [-0.25, -0.2) is 8.78 Å². The molecule has 0 radical (unpaired) electrons. The second-order valence-corrected chi connectivity index (χ2v) is 3.43. The van der Waals surface area contributed by atoms with Crippen molar-refractivity contribution in [3.8, 4) is 0 Å². The Bertz CT molecular complexity index is 139. The maximum absolute atomic E-state index is 13.0. The molecule has 0 saturated heterocycles. The number of alkyl halides is 2. The van der Waals surface area contributed by atoms with E-state index in [2.05, 4.69) is 0 Å². The van der Waals surface area contributed by atoms with Crippen molar-refractivity contribution in [1.82, 2.24) is 0 Å². The van der Waals surface area contributed by atoms with Crippen molar-refractivity contribution in [2.75, 3.05) is 0 Å². The van der Waals surface area contributed by atoms with Crippen LogP contribution in [0.2, 0.25) is 0 Å². The van der Waals surface area contributed by atoms with Crippen LogP contribution < -0.4 is 5.73 Å². The SMILES string of the molecule is CC(C)C(F)(F)C1(N)CC1. The summed E-state index contributed by atoms with van der Waals surface area (Å²) in [7, 11) is 0. The van der Waals surface area contributed by atoms with Crippen molar-refractivity contribution in [3.05, 3.63) is 0 Å². The molecule has 3 heteroatoms. The summed E-state index contributed by atoms with van der Waals surface area (Å²) in [6, 6.07) is 0. The van der Waals surface area contributed by atoms with Crippen LogP contribution in [-0.2, 0) is 0 Å². The Morgan fingerprint density at radius 3 is 1.90 bits per heavy atom. The van der Waals surface area contributed by atoms with Gasteiger partial charge in [0.15, 0.2) is 0 Å². The van der Waals surface area contributed by atoms with E-state index in [0.717, 1.165) is 0 Å². The molecule has 0 unspecified atom stereocenters. The molecule has 1 nitrogen and oxygen atoms in total. The molecule has 1 aliphatic rings. The smallest absolute Gasteiger partial charge is 0.267 e. The maximum Gasteiger partial charge on any atom is 0.267 e. The van der Waals surface area contributed by atoms with E-state index in [9.17, 15) is 8.78 Å². The van der Waals surface area contributed by atoms with Gasteiger partial charge < -0.3 is 5.73 Å². The van der Waals surface area contributed by atoms with E-state index in [4.69, 9.17) is 5.73 Å². The van der Waals surface area contributed by atoms with Crippen LogP contribution >= 0.6 is 0 Å². The average Bonchev–Trinajstić information content (AvgIpc) is 2.48. The highest BCUT2D eigenvalue weighted by Gasteiger charge is 2.60. The number of nitrogens with two attached hydrogens (primary N) is 1. The van der Waals surface area contributed by atoms with Crippen molar-refractivity contribution >= 4 is 0 Å². The molecular formula is C7H13F2N. The molecule has 0 aromatic heterocycles. The van der Waals surface area contributed by atoms with Crippen LogP contribution in [-0.4, -0.2) is 11.5 Å². The lowest BCUT2D eigenvalue weighted by Gasteiger charge is -2.26. The first-order valence-corrected chi connectivity index (χ1v) is 3.57. The van der Waals surface area contributed by atoms with Crippen LogP contribution in [0.1, 0.15) is 26.7 Å². The molecular weight excluding hydrogens is 136 g/mol. The molecule has 0 bridgehead atoms. The van der Waals surface area contributed by atoms with Crippen LogP contribution in [0.25, 0.3) is 0 Å². The van der Waals surface area contributed by atoms with Gasteiger partial charge in [0.1, 0.15) is 0 Å². The van der Waals surface area contributed by atoms with E-state index in [1.807, 2.05) is 0 Å². The quantitative estimate of drug-likeness (QED) is 0.636. The Morgan fingerprint density at radius 1 is 1.40 bits per heavy atom. The lowest BCUT2D eigenvalue weighted by atomic mass is 9.97. The molecule has 0 heterocycles. The number of hydrogen-bond acceptors (Lipinski definition) is 1. The van der Waals surface area contributed by atoms with Crippen LogP contribution in [0.5, 0.6) is 0 Å². The van der Waals surface area contributed by atoms with Crippen LogP contribution in [0.3, 0.4) is 0 Å². The summed E-state index contributed by atoms with van der Waals surface area (Å²) >= 11 is 0. The Morgan fingerprint density at radius 2 is 1.80 bits per heavy atom. The van der Waals surface area contributed by atoms with E-state index in [1.54, 1.807) is 0 Å². The Hall–Kier alpha value is -0.180. The predicted molar refractivity (Wildman–Crippen MR) is 35.9 cm³/mol. The monoisotopic (exact) mass is 149 g/mol. The molecule has 1 rings (SSSR count). The molecule has 2 N–H and O–H groups in total. The summed E-state index contributed by atoms with van der Waals surface area (Å²) in [5.74, 6) is -3.31. The molecule has 1 fully saturated rings. The molecule has 0 spiro atoms. The second kappa shape index (κ2) is 1.91. The first kappa shape index (κ1) is 7.92. The van der Waals surface area contributed by atoms with Gasteiger partial charge in [-0.1, -0.05) is 13.8 Å². The van der Waals surface area contributed by atoms with Gasteiger partial charge in [0.25, 0.3) is 5.92 Å². The average molecular weight is 149 g/mol. The molecule has 0 aromatic carbocycles. The highest BCUT2D eigenvalue weighted by Crippen LogP contribution is 2.49. The highest BCUT2D eigenvalue weighted by molar-refractivity contribution is 5.10. The second-order valence-electron chi connectivity index (χ2n) is 3.43. The summed E-state index contributed by atoms with van der Waals surface area (Å²) in [4.78, 5) is 0. The zero-order valence-electron chi connectivity index (χ0n) is 6.32. The van der Waals surface area contributed by atoms with Crippen molar-refractivity contribution in [2.24, 2.45) is 11.7 Å². The molecule has 0 aliphatic heterocycles. The molecule has 1 aliphatic carbocycles. The molecule has 0 aromatic rings. The fourth-order valence-corrected chi connectivity index (χ4v) is 1.04. The molecule has 0 amide bonds. The van der Waals surface area contributed by atoms with Gasteiger partial charge in [-0.2, -0.15) is 0 Å². The maximum atomic E-state index is 13.0. The lowest BCUT2D eigenvalue weighted by Crippen LogP contribution is -2.47. The number of halogens is 2.